The Morgan fingerprint density at radius 1 is 1.08 bits per heavy atom. The molecule has 0 saturated carbocycles. The quantitative estimate of drug-likeness (QED) is 0.634. The molecule has 26 heavy (non-hydrogen) atoms. The molecule has 0 radical (unpaired) electrons. The lowest BCUT2D eigenvalue weighted by molar-refractivity contribution is 0.379. The number of rotatable bonds is 4. The average molecular weight is 393 g/mol. The first-order valence-corrected chi connectivity index (χ1v) is 11.3. The van der Waals surface area contributed by atoms with Crippen molar-refractivity contribution in [3.05, 3.63) is 23.3 Å². The van der Waals surface area contributed by atoms with Gasteiger partial charge in [0.25, 0.3) is 0 Å². The van der Waals surface area contributed by atoms with Gasteiger partial charge in [-0.2, -0.15) is 0 Å². The number of aryl methyl sites for hydroxylation is 1. The van der Waals surface area contributed by atoms with Gasteiger partial charge in [0.05, 0.1) is 4.75 Å². The summed E-state index contributed by atoms with van der Waals surface area (Å²) in [7, 11) is 1.60. The Morgan fingerprint density at radius 2 is 1.77 bits per heavy atom. The second kappa shape index (κ2) is 6.26. The smallest absolute Gasteiger partial charge is 0.150 e. The predicted molar refractivity (Wildman–Crippen MR) is 108 cm³/mol. The van der Waals surface area contributed by atoms with Crippen molar-refractivity contribution in [1.82, 2.24) is 29.5 Å². The molecule has 142 valence electrons. The lowest BCUT2D eigenvalue weighted by Crippen LogP contribution is -2.27. The molecule has 0 bridgehead atoms. The molecular formula is C18H28N6S2. The Hall–Kier alpha value is -1.02. The van der Waals surface area contributed by atoms with E-state index in [9.17, 15) is 0 Å². The Labute approximate surface area is 164 Å². The Kier molecular flexibility index (Phi) is 4.42. The van der Waals surface area contributed by atoms with Gasteiger partial charge in [-0.1, -0.05) is 31.6 Å². The standard InChI is InChI=1S/C18H28N6S2/c1-11-6-7-13-19-22-16(24(11)13)18(5,26-25)9-12-8-14-20-21-15(17(2,3)4)23(14)10-12/h11-12,25H,6-10H2,1-5H3. The maximum atomic E-state index is 4.64. The number of aromatic nitrogens is 6. The van der Waals surface area contributed by atoms with Crippen molar-refractivity contribution in [3.63, 3.8) is 0 Å². The zero-order valence-electron chi connectivity index (χ0n) is 16.2. The first-order chi connectivity index (χ1) is 12.2. The highest BCUT2D eigenvalue weighted by atomic mass is 33.1. The third-order valence-corrected chi connectivity index (χ3v) is 7.72. The van der Waals surface area contributed by atoms with Gasteiger partial charge < -0.3 is 9.13 Å². The van der Waals surface area contributed by atoms with Gasteiger partial charge in [-0.25, -0.2) is 0 Å². The van der Waals surface area contributed by atoms with Gasteiger partial charge in [-0.3, -0.25) is 0 Å². The van der Waals surface area contributed by atoms with Crippen molar-refractivity contribution in [3.8, 4) is 0 Å². The fraction of sp³-hybridized carbons (Fsp3) is 0.778. The van der Waals surface area contributed by atoms with Crippen LogP contribution in [0.15, 0.2) is 0 Å². The molecule has 0 amide bonds. The molecule has 2 aliphatic rings. The minimum atomic E-state index is -0.156. The van der Waals surface area contributed by atoms with Gasteiger partial charge in [0, 0.05) is 30.8 Å². The Balaban J connectivity index is 1.58. The molecule has 3 atom stereocenters. The predicted octanol–water partition coefficient (Wildman–Crippen LogP) is 3.73. The summed E-state index contributed by atoms with van der Waals surface area (Å²) in [5.74, 6) is 4.94. The number of fused-ring (bicyclic) bond motifs is 2. The van der Waals surface area contributed by atoms with Crippen molar-refractivity contribution in [2.75, 3.05) is 0 Å². The summed E-state index contributed by atoms with van der Waals surface area (Å²) >= 11 is 4.64. The van der Waals surface area contributed by atoms with Crippen molar-refractivity contribution < 1.29 is 0 Å². The highest BCUT2D eigenvalue weighted by molar-refractivity contribution is 8.69. The minimum Gasteiger partial charge on any atom is -0.314 e. The number of thiol groups is 1. The van der Waals surface area contributed by atoms with E-state index < -0.39 is 0 Å². The van der Waals surface area contributed by atoms with Crippen molar-refractivity contribution in [2.45, 2.75) is 83.1 Å². The highest BCUT2D eigenvalue weighted by Crippen LogP contribution is 2.46. The molecule has 0 aromatic carbocycles. The van der Waals surface area contributed by atoms with E-state index in [1.807, 2.05) is 0 Å². The summed E-state index contributed by atoms with van der Waals surface area (Å²) in [4.78, 5) is 0. The summed E-state index contributed by atoms with van der Waals surface area (Å²) in [5.41, 5.74) is 0.0188. The summed E-state index contributed by atoms with van der Waals surface area (Å²) in [6.07, 6.45) is 4.17. The second-order valence-corrected chi connectivity index (χ2v) is 10.7. The van der Waals surface area contributed by atoms with Crippen molar-refractivity contribution >= 4 is 22.5 Å². The van der Waals surface area contributed by atoms with Gasteiger partial charge in [0.15, 0.2) is 0 Å². The van der Waals surface area contributed by atoms with Crippen LogP contribution in [0.1, 0.15) is 76.8 Å². The molecule has 3 unspecified atom stereocenters. The molecule has 4 rings (SSSR count). The highest BCUT2D eigenvalue weighted by Gasteiger charge is 2.41. The van der Waals surface area contributed by atoms with E-state index in [4.69, 9.17) is 0 Å². The summed E-state index contributed by atoms with van der Waals surface area (Å²) < 4.78 is 4.51. The number of nitrogens with zero attached hydrogens (tertiary/aromatic N) is 6. The van der Waals surface area contributed by atoms with E-state index in [1.165, 1.54) is 0 Å². The van der Waals surface area contributed by atoms with Crippen LogP contribution in [-0.4, -0.2) is 29.5 Å². The molecule has 8 heteroatoms. The maximum Gasteiger partial charge on any atom is 0.150 e. The lowest BCUT2D eigenvalue weighted by atomic mass is 9.92. The van der Waals surface area contributed by atoms with Crippen LogP contribution in [0.5, 0.6) is 0 Å². The lowest BCUT2D eigenvalue weighted by Gasteiger charge is -2.30. The van der Waals surface area contributed by atoms with Crippen LogP contribution in [0.4, 0.5) is 0 Å². The summed E-state index contributed by atoms with van der Waals surface area (Å²) in [6, 6.07) is 0.477. The third kappa shape index (κ3) is 2.89. The molecule has 0 N–H and O–H groups in total. The van der Waals surface area contributed by atoms with Gasteiger partial charge in [-0.15, -0.1) is 32.1 Å². The molecular weight excluding hydrogens is 364 g/mol. The van der Waals surface area contributed by atoms with E-state index >= 15 is 0 Å². The average Bonchev–Trinajstić information content (AvgIpc) is 3.28. The third-order valence-electron chi connectivity index (χ3n) is 5.76. The molecule has 2 aromatic heterocycles. The molecule has 4 heterocycles. The fourth-order valence-electron chi connectivity index (χ4n) is 4.46. The van der Waals surface area contributed by atoms with E-state index in [0.29, 0.717) is 12.0 Å². The number of hydrogen-bond donors (Lipinski definition) is 1. The van der Waals surface area contributed by atoms with Crippen LogP contribution >= 0.6 is 22.5 Å². The van der Waals surface area contributed by atoms with Crippen LogP contribution < -0.4 is 0 Å². The SMILES string of the molecule is CC1CCc2nnc(C(C)(CC3Cc4nnc(C(C)(C)C)n4C3)SS)n21. The summed E-state index contributed by atoms with van der Waals surface area (Å²) in [6.45, 7) is 12.1. The van der Waals surface area contributed by atoms with Gasteiger partial charge in [0.2, 0.25) is 0 Å². The minimum absolute atomic E-state index is 0.0188. The van der Waals surface area contributed by atoms with Crippen LogP contribution in [0.25, 0.3) is 0 Å². The van der Waals surface area contributed by atoms with Crippen molar-refractivity contribution in [2.24, 2.45) is 5.92 Å². The van der Waals surface area contributed by atoms with Gasteiger partial charge in [-0.05, 0) is 32.6 Å². The monoisotopic (exact) mass is 392 g/mol. The van der Waals surface area contributed by atoms with E-state index in [0.717, 1.165) is 55.5 Å². The zero-order chi connectivity index (χ0) is 18.7. The maximum absolute atomic E-state index is 4.64. The van der Waals surface area contributed by atoms with Crippen LogP contribution in [0, 0.1) is 5.92 Å². The van der Waals surface area contributed by atoms with E-state index in [2.05, 4.69) is 75.8 Å². The number of hydrogen-bond acceptors (Lipinski definition) is 6. The van der Waals surface area contributed by atoms with Crippen molar-refractivity contribution in [1.29, 1.82) is 0 Å². The molecule has 0 aliphatic carbocycles. The molecule has 6 nitrogen and oxygen atoms in total. The largest absolute Gasteiger partial charge is 0.314 e. The van der Waals surface area contributed by atoms with E-state index in [-0.39, 0.29) is 10.2 Å². The molecule has 2 aromatic rings. The van der Waals surface area contributed by atoms with Crippen LogP contribution in [-0.2, 0) is 29.5 Å². The normalized spacial score (nSPS) is 24.5. The molecule has 0 spiro atoms. The van der Waals surface area contributed by atoms with E-state index in [1.54, 1.807) is 10.8 Å². The fourth-order valence-corrected chi connectivity index (χ4v) is 5.46. The topological polar surface area (TPSA) is 61.4 Å². The van der Waals surface area contributed by atoms with Crippen LogP contribution in [0.2, 0.25) is 0 Å². The zero-order valence-corrected chi connectivity index (χ0v) is 17.9. The van der Waals surface area contributed by atoms with Crippen LogP contribution in [0.3, 0.4) is 0 Å². The van der Waals surface area contributed by atoms with Gasteiger partial charge >= 0.3 is 0 Å². The molecule has 0 fully saturated rings. The first-order valence-electron chi connectivity index (χ1n) is 9.42. The second-order valence-electron chi connectivity index (χ2n) is 9.09. The van der Waals surface area contributed by atoms with Gasteiger partial charge in [0.1, 0.15) is 23.3 Å². The Bertz CT molecular complexity index is 820. The Morgan fingerprint density at radius 3 is 2.46 bits per heavy atom. The summed E-state index contributed by atoms with van der Waals surface area (Å²) in [5, 5.41) is 17.9. The first kappa shape index (κ1) is 18.3. The molecule has 0 saturated heterocycles. The molecule has 2 aliphatic heterocycles.